The lowest BCUT2D eigenvalue weighted by molar-refractivity contribution is -0.144. The van der Waals surface area contributed by atoms with E-state index in [0.717, 1.165) is 30.7 Å². The Morgan fingerprint density at radius 2 is 1.74 bits per heavy atom. The molecule has 0 aliphatic heterocycles. The Bertz CT molecular complexity index is 1110. The molecule has 3 rings (SSSR count). The van der Waals surface area contributed by atoms with Crippen LogP contribution in [0.25, 0.3) is 17.1 Å². The lowest BCUT2D eigenvalue weighted by Crippen LogP contribution is -2.09. The molecule has 0 saturated heterocycles. The maximum atomic E-state index is 13.5. The second-order valence-corrected chi connectivity index (χ2v) is 7.39. The summed E-state index contributed by atoms with van der Waals surface area (Å²) in [5.41, 5.74) is -0.214. The Hall–Kier alpha value is -2.89. The van der Waals surface area contributed by atoms with Crippen LogP contribution in [0.4, 0.5) is 22.0 Å². The van der Waals surface area contributed by atoms with Crippen molar-refractivity contribution in [2.45, 2.75) is 11.2 Å². The monoisotopic (exact) mass is 404 g/mol. The highest BCUT2D eigenvalue weighted by Gasteiger charge is 2.37. The normalized spacial score (nSPS) is 12.4. The van der Waals surface area contributed by atoms with Crippen LogP contribution in [0.5, 0.6) is 0 Å². The van der Waals surface area contributed by atoms with E-state index in [-0.39, 0.29) is 16.3 Å². The molecule has 0 aliphatic rings. The molecule has 12 heteroatoms. The summed E-state index contributed by atoms with van der Waals surface area (Å²) in [6.07, 6.45) is -2.99. The van der Waals surface area contributed by atoms with E-state index in [9.17, 15) is 30.4 Å². The van der Waals surface area contributed by atoms with Gasteiger partial charge < -0.3 is 0 Å². The van der Waals surface area contributed by atoms with Crippen LogP contribution in [0.3, 0.4) is 0 Å². The Morgan fingerprint density at radius 1 is 1.04 bits per heavy atom. The Morgan fingerprint density at radius 3 is 2.26 bits per heavy atom. The maximum absolute atomic E-state index is 13.5. The van der Waals surface area contributed by atoms with Gasteiger partial charge in [0.1, 0.15) is 0 Å². The molecular formula is C15H9F5N4O2S. The molecule has 0 atom stereocenters. The van der Waals surface area contributed by atoms with Crippen molar-refractivity contribution >= 4 is 9.84 Å². The number of rotatable bonds is 3. The number of hydrogen-bond acceptors (Lipinski definition) is 5. The summed E-state index contributed by atoms with van der Waals surface area (Å²) in [5.74, 6) is -4.38. The highest BCUT2D eigenvalue weighted by atomic mass is 32.2. The van der Waals surface area contributed by atoms with Gasteiger partial charge in [-0.15, -0.1) is 5.10 Å². The molecule has 0 spiro atoms. The summed E-state index contributed by atoms with van der Waals surface area (Å²) in [5, 5.41) is 3.05. The van der Waals surface area contributed by atoms with Gasteiger partial charge in [-0.2, -0.15) is 13.2 Å². The van der Waals surface area contributed by atoms with Gasteiger partial charge in [0.2, 0.25) is 0 Å². The molecule has 0 saturated carbocycles. The fourth-order valence-corrected chi connectivity index (χ4v) is 2.71. The molecule has 1 aromatic carbocycles. The van der Waals surface area contributed by atoms with Gasteiger partial charge in [-0.3, -0.25) is 0 Å². The fraction of sp³-hybridized carbons (Fsp3) is 0.133. The summed E-state index contributed by atoms with van der Waals surface area (Å²) >= 11 is 0. The van der Waals surface area contributed by atoms with Gasteiger partial charge in [-0.25, -0.2) is 31.8 Å². The smallest absolute Gasteiger partial charge is 0.242 e. The van der Waals surface area contributed by atoms with Crippen molar-refractivity contribution in [2.24, 2.45) is 0 Å². The number of aromatic nitrogens is 4. The van der Waals surface area contributed by atoms with Crippen LogP contribution < -0.4 is 0 Å². The first-order valence-electron chi connectivity index (χ1n) is 7.13. The molecule has 6 nitrogen and oxygen atoms in total. The molecule has 0 amide bonds. The minimum Gasteiger partial charge on any atom is -0.242 e. The molecule has 0 unspecified atom stereocenters. The number of halogens is 5. The van der Waals surface area contributed by atoms with Crippen LogP contribution in [0.2, 0.25) is 0 Å². The van der Waals surface area contributed by atoms with E-state index < -0.39 is 39.3 Å². The van der Waals surface area contributed by atoms with Gasteiger partial charge in [-0.05, 0) is 30.3 Å². The van der Waals surface area contributed by atoms with Crippen molar-refractivity contribution in [3.63, 3.8) is 0 Å². The van der Waals surface area contributed by atoms with Crippen molar-refractivity contribution in [3.05, 3.63) is 54.0 Å². The first-order chi connectivity index (χ1) is 12.5. The zero-order valence-corrected chi connectivity index (χ0v) is 14.2. The third-order valence-electron chi connectivity index (χ3n) is 3.38. The zero-order chi connectivity index (χ0) is 20.0. The van der Waals surface area contributed by atoms with E-state index in [0.29, 0.717) is 10.7 Å². The van der Waals surface area contributed by atoms with E-state index in [2.05, 4.69) is 15.1 Å². The topological polar surface area (TPSA) is 77.7 Å². The molecule has 0 bridgehead atoms. The number of alkyl halides is 3. The zero-order valence-electron chi connectivity index (χ0n) is 13.4. The quantitative estimate of drug-likeness (QED) is 0.627. The second-order valence-electron chi connectivity index (χ2n) is 5.42. The summed E-state index contributed by atoms with van der Waals surface area (Å²) in [6.45, 7) is 0. The van der Waals surface area contributed by atoms with Crippen molar-refractivity contribution < 1.29 is 30.4 Å². The van der Waals surface area contributed by atoms with Crippen LogP contribution in [-0.2, 0) is 16.0 Å². The van der Waals surface area contributed by atoms with Gasteiger partial charge >= 0.3 is 6.18 Å². The van der Waals surface area contributed by atoms with E-state index >= 15 is 0 Å². The second kappa shape index (κ2) is 6.37. The van der Waals surface area contributed by atoms with Gasteiger partial charge in [0, 0.05) is 11.8 Å². The van der Waals surface area contributed by atoms with Gasteiger partial charge in [0.05, 0.1) is 11.9 Å². The lowest BCUT2D eigenvalue weighted by Gasteiger charge is -2.07. The largest absolute Gasteiger partial charge is 0.453 e. The molecule has 0 fully saturated rings. The van der Waals surface area contributed by atoms with E-state index in [1.54, 1.807) is 0 Å². The Labute approximate surface area is 149 Å². The van der Waals surface area contributed by atoms with Gasteiger partial charge in [0.15, 0.2) is 32.3 Å². The Balaban J connectivity index is 2.19. The van der Waals surface area contributed by atoms with Crippen molar-refractivity contribution in [3.8, 4) is 17.1 Å². The van der Waals surface area contributed by atoms with Crippen LogP contribution in [0.1, 0.15) is 5.82 Å². The summed E-state index contributed by atoms with van der Waals surface area (Å²) < 4.78 is 89.3. The fourth-order valence-electron chi connectivity index (χ4n) is 2.15. The van der Waals surface area contributed by atoms with E-state index in [1.807, 2.05) is 0 Å². The van der Waals surface area contributed by atoms with E-state index in [4.69, 9.17) is 0 Å². The van der Waals surface area contributed by atoms with Crippen molar-refractivity contribution in [2.75, 3.05) is 6.26 Å². The van der Waals surface area contributed by atoms with Crippen LogP contribution >= 0.6 is 0 Å². The molecule has 142 valence electrons. The van der Waals surface area contributed by atoms with Crippen LogP contribution in [0.15, 0.2) is 41.6 Å². The molecule has 0 N–H and O–H groups in total. The Kier molecular flexibility index (Phi) is 4.46. The summed E-state index contributed by atoms with van der Waals surface area (Å²) in [6, 6.07) is 4.70. The summed E-state index contributed by atoms with van der Waals surface area (Å²) in [7, 11) is -3.62. The van der Waals surface area contributed by atoms with E-state index in [1.165, 1.54) is 6.07 Å². The van der Waals surface area contributed by atoms with Gasteiger partial charge in [0.25, 0.3) is 5.82 Å². The first kappa shape index (κ1) is 18.9. The number of benzene rings is 1. The van der Waals surface area contributed by atoms with Crippen LogP contribution in [0, 0.1) is 11.6 Å². The minimum atomic E-state index is -4.89. The molecule has 0 radical (unpaired) electrons. The molecule has 2 heterocycles. The first-order valence-corrected chi connectivity index (χ1v) is 9.02. The van der Waals surface area contributed by atoms with Crippen molar-refractivity contribution in [1.82, 2.24) is 19.7 Å². The molecule has 0 aliphatic carbocycles. The number of pyridine rings is 1. The average Bonchev–Trinajstić information content (AvgIpc) is 3.02. The highest BCUT2D eigenvalue weighted by Crippen LogP contribution is 2.30. The number of sulfone groups is 1. The third kappa shape index (κ3) is 3.79. The predicted octanol–water partition coefficient (Wildman–Crippen LogP) is 3.03. The van der Waals surface area contributed by atoms with Gasteiger partial charge in [-0.1, -0.05) is 0 Å². The molecule has 3 aromatic rings. The highest BCUT2D eigenvalue weighted by molar-refractivity contribution is 7.90. The van der Waals surface area contributed by atoms with Crippen molar-refractivity contribution in [1.29, 1.82) is 0 Å². The molecule has 27 heavy (non-hydrogen) atoms. The number of nitrogens with zero attached hydrogens (tertiary/aromatic N) is 4. The SMILES string of the molecule is CS(=O)(=O)c1ccc(-n2nc(C(F)(F)F)nc2-c2ccc(F)c(F)c2)cn1. The predicted molar refractivity (Wildman–Crippen MR) is 82.6 cm³/mol. The molecule has 2 aromatic heterocycles. The number of hydrogen-bond donors (Lipinski definition) is 0. The minimum absolute atomic E-state index is 0.0508. The average molecular weight is 404 g/mol. The standard InChI is InChI=1S/C15H9F5N4O2S/c1-27(25,26)12-5-3-9(7-21-12)24-13(22-14(23-24)15(18,19)20)8-2-4-10(16)11(17)6-8/h2-7H,1H3. The van der Waals surface area contributed by atoms with Crippen LogP contribution in [-0.4, -0.2) is 34.4 Å². The lowest BCUT2D eigenvalue weighted by atomic mass is 10.2. The molecular weight excluding hydrogens is 395 g/mol. The third-order valence-corrected chi connectivity index (χ3v) is 4.38. The summed E-state index contributed by atoms with van der Waals surface area (Å²) in [4.78, 5) is 7.03. The maximum Gasteiger partial charge on any atom is 0.453 e.